The topological polar surface area (TPSA) is 27.7 Å². The third-order valence-electron chi connectivity index (χ3n) is 11.1. The second-order valence-electron chi connectivity index (χ2n) is 13.9. The first-order valence-electron chi connectivity index (χ1n) is 18.2. The fraction of sp³-hybridized carbons (Fsp3) is 0. The van der Waals surface area contributed by atoms with Crippen molar-refractivity contribution >= 4 is 55.4 Å². The number of ether oxygens (including phenoxy) is 3. The molecule has 0 radical (unpaired) electrons. The largest absolute Gasteiger partial charge is 0.458 e. The average Bonchev–Trinajstić information content (AvgIpc) is 3.20. The predicted octanol–water partition coefficient (Wildman–Crippen LogP) is 11.0. The zero-order chi connectivity index (χ0) is 34.8. The maximum atomic E-state index is 8.87. The first kappa shape index (κ1) is 27.0. The van der Waals surface area contributed by atoms with Crippen LogP contribution < -0.4 is 30.6 Å². The van der Waals surface area contributed by atoms with E-state index in [9.17, 15) is 0 Å². The lowest BCUT2D eigenvalue weighted by atomic mass is 9.34. The minimum Gasteiger partial charge on any atom is -0.458 e. The zero-order valence-corrected chi connectivity index (χ0v) is 27.8. The van der Waals surface area contributed by atoms with Crippen LogP contribution in [0.4, 0.5) is 0 Å². The molecule has 9 aromatic rings. The summed E-state index contributed by atoms with van der Waals surface area (Å²) in [5.41, 5.74) is 9.33. The van der Waals surface area contributed by atoms with Gasteiger partial charge in [-0.15, -0.1) is 0 Å². The Balaban J connectivity index is 0.967. The van der Waals surface area contributed by atoms with Gasteiger partial charge in [-0.25, -0.2) is 0 Å². The highest BCUT2D eigenvalue weighted by atomic mass is 16.5. The van der Waals surface area contributed by atoms with Crippen molar-refractivity contribution in [3.8, 4) is 67.9 Å². The predicted molar refractivity (Wildman–Crippen MR) is 213 cm³/mol. The summed E-state index contributed by atoms with van der Waals surface area (Å²) in [6.07, 6.45) is 0. The van der Waals surface area contributed by atoms with Gasteiger partial charge in [0, 0.05) is 16.4 Å². The molecule has 3 aliphatic rings. The van der Waals surface area contributed by atoms with E-state index in [0.29, 0.717) is 6.04 Å². The number of rotatable bonds is 3. The van der Waals surface area contributed by atoms with Crippen LogP contribution in [-0.2, 0) is 0 Å². The number of hydrogen-bond donors (Lipinski definition) is 0. The highest BCUT2D eigenvalue weighted by molar-refractivity contribution is 6.99. The molecule has 0 aromatic heterocycles. The third kappa shape index (κ3) is 3.92. The van der Waals surface area contributed by atoms with Crippen molar-refractivity contribution < 1.29 is 15.6 Å². The van der Waals surface area contributed by atoms with Crippen LogP contribution in [0, 0.1) is 0 Å². The third-order valence-corrected chi connectivity index (χ3v) is 11.1. The normalized spacial score (nSPS) is 13.3. The quantitative estimate of drug-likeness (QED) is 0.139. The van der Waals surface area contributed by atoms with E-state index in [1.54, 1.807) is 0 Å². The van der Waals surface area contributed by atoms with Gasteiger partial charge in [-0.1, -0.05) is 109 Å². The van der Waals surface area contributed by atoms with Crippen LogP contribution in [0.5, 0.6) is 34.5 Å². The van der Waals surface area contributed by atoms with Crippen LogP contribution in [-0.4, -0.2) is 6.71 Å². The SMILES string of the molecule is [2H]c1cc(-c2cccc(-c3cc4c5c(c3)Oc3cccc6c3B5c3c(cccc3O4)O6)c2)cc(-c2ccc3c4ccccc4c4ccccc4c3c2)c1. The van der Waals surface area contributed by atoms with Crippen LogP contribution >= 0.6 is 0 Å². The van der Waals surface area contributed by atoms with E-state index >= 15 is 0 Å². The number of benzene rings is 9. The Morgan fingerprint density at radius 1 is 0.308 bits per heavy atom. The lowest BCUT2D eigenvalue weighted by Crippen LogP contribution is -2.59. The van der Waals surface area contributed by atoms with Gasteiger partial charge < -0.3 is 14.2 Å². The van der Waals surface area contributed by atoms with E-state index in [-0.39, 0.29) is 6.71 Å². The summed E-state index contributed by atoms with van der Waals surface area (Å²) < 4.78 is 28.4. The lowest BCUT2D eigenvalue weighted by molar-refractivity contribution is 0.443. The Bertz CT molecular complexity index is 2970. The summed E-state index contributed by atoms with van der Waals surface area (Å²) in [5, 5.41) is 7.46. The fourth-order valence-electron chi connectivity index (χ4n) is 8.75. The van der Waals surface area contributed by atoms with Gasteiger partial charge in [-0.3, -0.25) is 0 Å². The molecule has 52 heavy (non-hydrogen) atoms. The molecule has 3 nitrogen and oxygen atoms in total. The van der Waals surface area contributed by atoms with E-state index < -0.39 is 0 Å². The Hall–Kier alpha value is -6.78. The smallest absolute Gasteiger partial charge is 0.270 e. The molecule has 0 aliphatic carbocycles. The molecule has 240 valence electrons. The average molecular weight is 664 g/mol. The second-order valence-corrected chi connectivity index (χ2v) is 13.9. The monoisotopic (exact) mass is 663 g/mol. The van der Waals surface area contributed by atoms with E-state index in [1.165, 1.54) is 32.3 Å². The minimum atomic E-state index is -0.0148. The van der Waals surface area contributed by atoms with E-state index in [4.69, 9.17) is 15.6 Å². The van der Waals surface area contributed by atoms with Crippen molar-refractivity contribution in [1.82, 2.24) is 0 Å². The van der Waals surface area contributed by atoms with Crippen LogP contribution in [0.15, 0.2) is 164 Å². The Labute approximate surface area is 301 Å². The van der Waals surface area contributed by atoms with Gasteiger partial charge >= 0.3 is 0 Å². The van der Waals surface area contributed by atoms with Crippen LogP contribution in [0.2, 0.25) is 0 Å². The molecule has 0 unspecified atom stereocenters. The molecule has 0 spiro atoms. The molecular weight excluding hydrogens is 635 g/mol. The van der Waals surface area contributed by atoms with Crippen molar-refractivity contribution in [2.75, 3.05) is 0 Å². The van der Waals surface area contributed by atoms with E-state index in [1.807, 2.05) is 48.5 Å². The van der Waals surface area contributed by atoms with Crippen LogP contribution in [0.3, 0.4) is 0 Å². The highest BCUT2D eigenvalue weighted by Gasteiger charge is 2.46. The molecule has 0 fully saturated rings. The molecule has 0 atom stereocenters. The molecule has 12 rings (SSSR count). The van der Waals surface area contributed by atoms with Gasteiger partial charge in [-0.2, -0.15) is 0 Å². The van der Waals surface area contributed by atoms with Gasteiger partial charge in [0.2, 0.25) is 0 Å². The Morgan fingerprint density at radius 2 is 0.712 bits per heavy atom. The lowest BCUT2D eigenvalue weighted by Gasteiger charge is -2.37. The van der Waals surface area contributed by atoms with Crippen molar-refractivity contribution in [3.63, 3.8) is 0 Å². The second kappa shape index (κ2) is 10.4. The van der Waals surface area contributed by atoms with Crippen molar-refractivity contribution in [3.05, 3.63) is 164 Å². The molecule has 0 amide bonds. The van der Waals surface area contributed by atoms with Crippen molar-refractivity contribution in [2.45, 2.75) is 0 Å². The summed E-state index contributed by atoms with van der Waals surface area (Å²) >= 11 is 0. The minimum absolute atomic E-state index is 0.0148. The summed E-state index contributed by atoms with van der Waals surface area (Å²) in [7, 11) is 0. The van der Waals surface area contributed by atoms with Crippen molar-refractivity contribution in [1.29, 1.82) is 0 Å². The molecule has 3 aliphatic heterocycles. The standard InChI is InChI=1S/C48H27BO3/c1-2-15-36-34(13-1)35-14-3-4-16-37(35)39-25-32(21-22-38(36)39)30-11-5-9-28(23-30)29-10-6-12-31(24-29)33-26-44-48-45(27-33)52-43-20-8-18-41-47(43)49(48)46-40(50-41)17-7-19-42(46)51-44/h1-27H/i5D. The van der Waals surface area contributed by atoms with Gasteiger partial charge in [-0.05, 0) is 120 Å². The molecule has 9 aromatic carbocycles. The first-order chi connectivity index (χ1) is 26.1. The molecule has 0 N–H and O–H groups in total. The summed E-state index contributed by atoms with van der Waals surface area (Å²) in [6, 6.07) is 55.4. The van der Waals surface area contributed by atoms with Gasteiger partial charge in [0.05, 0.1) is 1.37 Å². The van der Waals surface area contributed by atoms with E-state index in [0.717, 1.165) is 84.3 Å². The van der Waals surface area contributed by atoms with Crippen molar-refractivity contribution in [2.24, 2.45) is 0 Å². The number of hydrogen-bond acceptors (Lipinski definition) is 3. The molecule has 0 saturated heterocycles. The number of fused-ring (bicyclic) bond motifs is 6. The van der Waals surface area contributed by atoms with Crippen LogP contribution in [0.1, 0.15) is 1.37 Å². The van der Waals surface area contributed by atoms with Gasteiger partial charge in [0.15, 0.2) is 0 Å². The Morgan fingerprint density at radius 3 is 1.27 bits per heavy atom. The van der Waals surface area contributed by atoms with E-state index in [2.05, 4.69) is 109 Å². The summed E-state index contributed by atoms with van der Waals surface area (Å²) in [4.78, 5) is 0. The van der Waals surface area contributed by atoms with Gasteiger partial charge in [0.25, 0.3) is 6.71 Å². The molecule has 4 heteroatoms. The maximum Gasteiger partial charge on any atom is 0.270 e. The molecule has 0 saturated carbocycles. The molecule has 0 bridgehead atoms. The first-order valence-corrected chi connectivity index (χ1v) is 17.7. The zero-order valence-electron chi connectivity index (χ0n) is 28.8. The van der Waals surface area contributed by atoms with Crippen LogP contribution in [0.25, 0.3) is 65.7 Å². The fourth-order valence-corrected chi connectivity index (χ4v) is 8.75. The summed E-state index contributed by atoms with van der Waals surface area (Å²) in [5.74, 6) is 4.88. The van der Waals surface area contributed by atoms with Gasteiger partial charge in [0.1, 0.15) is 34.5 Å². The maximum absolute atomic E-state index is 8.87. The highest BCUT2D eigenvalue weighted by Crippen LogP contribution is 2.44. The molecular formula is C48H27BO3. The summed E-state index contributed by atoms with van der Waals surface area (Å²) in [6.45, 7) is -0.0148. The Kier molecular flexibility index (Phi) is 5.39. The molecule has 3 heterocycles.